The van der Waals surface area contributed by atoms with E-state index in [0.29, 0.717) is 9.90 Å². The van der Waals surface area contributed by atoms with E-state index < -0.39 is 0 Å². The molecule has 0 aliphatic heterocycles. The molecule has 0 fully saturated rings. The summed E-state index contributed by atoms with van der Waals surface area (Å²) in [4.78, 5) is 11.9. The molecule has 7 nitrogen and oxygen atoms in total. The third kappa shape index (κ3) is 6.77. The molecule has 0 aliphatic carbocycles. The first-order valence-electron chi connectivity index (χ1n) is 8.48. The van der Waals surface area contributed by atoms with Crippen molar-refractivity contribution in [2.45, 2.75) is 21.4 Å². The average molecular weight is 447 g/mol. The van der Waals surface area contributed by atoms with Gasteiger partial charge in [0.2, 0.25) is 0 Å². The molecule has 1 heterocycles. The standard InChI is InChI=1S/C19H18N4O3S3/c1-12-2-4-13(5-3-12)10-27-18-22-23-19(29-18)28-11-17(26)21-20-9-14-6-7-15(24)8-16(14)25/h2-9,24-25H,10-11H2,1H3,(H,21,26)/b20-9-. The van der Waals surface area contributed by atoms with Crippen LogP contribution in [-0.2, 0) is 10.5 Å². The summed E-state index contributed by atoms with van der Waals surface area (Å²) >= 11 is 4.35. The van der Waals surface area contributed by atoms with E-state index >= 15 is 0 Å². The lowest BCUT2D eigenvalue weighted by atomic mass is 10.2. The minimum Gasteiger partial charge on any atom is -0.508 e. The van der Waals surface area contributed by atoms with E-state index in [1.54, 1.807) is 11.8 Å². The predicted molar refractivity (Wildman–Crippen MR) is 117 cm³/mol. The van der Waals surface area contributed by atoms with E-state index in [-0.39, 0.29) is 23.2 Å². The number of aromatic nitrogens is 2. The number of hydrazone groups is 1. The van der Waals surface area contributed by atoms with Crippen LogP contribution in [0.5, 0.6) is 11.5 Å². The number of aryl methyl sites for hydroxylation is 1. The summed E-state index contributed by atoms with van der Waals surface area (Å²) in [6.45, 7) is 2.06. The monoisotopic (exact) mass is 446 g/mol. The third-order valence-electron chi connectivity index (χ3n) is 3.60. The minimum atomic E-state index is -0.298. The minimum absolute atomic E-state index is 0.0476. The van der Waals surface area contributed by atoms with Gasteiger partial charge in [0.25, 0.3) is 5.91 Å². The van der Waals surface area contributed by atoms with Gasteiger partial charge in [-0.3, -0.25) is 4.79 Å². The zero-order valence-corrected chi connectivity index (χ0v) is 17.9. The van der Waals surface area contributed by atoms with Gasteiger partial charge in [-0.15, -0.1) is 10.2 Å². The summed E-state index contributed by atoms with van der Waals surface area (Å²) in [5.74, 6) is 0.499. The molecule has 150 valence electrons. The van der Waals surface area contributed by atoms with Gasteiger partial charge in [0, 0.05) is 17.4 Å². The number of benzene rings is 2. The van der Waals surface area contributed by atoms with Crippen molar-refractivity contribution in [3.8, 4) is 11.5 Å². The average Bonchev–Trinajstić information content (AvgIpc) is 3.15. The molecule has 0 unspecified atom stereocenters. The number of carbonyl (C=O) groups excluding carboxylic acids is 1. The summed E-state index contributed by atoms with van der Waals surface area (Å²) in [6, 6.07) is 12.5. The molecule has 3 aromatic rings. The quantitative estimate of drug-likeness (QED) is 0.274. The second-order valence-electron chi connectivity index (χ2n) is 5.93. The van der Waals surface area contributed by atoms with Crippen molar-refractivity contribution in [3.05, 3.63) is 59.2 Å². The van der Waals surface area contributed by atoms with E-state index in [2.05, 4.69) is 51.9 Å². The molecule has 1 amide bonds. The van der Waals surface area contributed by atoms with E-state index in [9.17, 15) is 15.0 Å². The summed E-state index contributed by atoms with van der Waals surface area (Å²) in [7, 11) is 0. The van der Waals surface area contributed by atoms with Crippen molar-refractivity contribution in [1.82, 2.24) is 15.6 Å². The molecule has 3 rings (SSSR count). The van der Waals surface area contributed by atoms with E-state index in [0.717, 1.165) is 10.1 Å². The third-order valence-corrected chi connectivity index (χ3v) is 6.87. The van der Waals surface area contributed by atoms with Gasteiger partial charge in [-0.1, -0.05) is 64.7 Å². The van der Waals surface area contributed by atoms with Crippen LogP contribution in [0.1, 0.15) is 16.7 Å². The highest BCUT2D eigenvalue weighted by atomic mass is 32.2. The fraction of sp³-hybridized carbons (Fsp3) is 0.158. The Labute approximate surface area is 180 Å². The van der Waals surface area contributed by atoms with Crippen molar-refractivity contribution >= 4 is 47.0 Å². The molecule has 0 saturated heterocycles. The lowest BCUT2D eigenvalue weighted by Gasteiger charge is -2.00. The molecule has 1 aromatic heterocycles. The maximum Gasteiger partial charge on any atom is 0.250 e. The van der Waals surface area contributed by atoms with Gasteiger partial charge in [-0.2, -0.15) is 5.10 Å². The molecule has 0 aliphatic rings. The maximum absolute atomic E-state index is 11.9. The van der Waals surface area contributed by atoms with Gasteiger partial charge in [0.05, 0.1) is 12.0 Å². The number of hydrogen-bond acceptors (Lipinski definition) is 9. The van der Waals surface area contributed by atoms with Crippen molar-refractivity contribution in [2.24, 2.45) is 5.10 Å². The number of hydrogen-bond donors (Lipinski definition) is 3. The molecule has 2 aromatic carbocycles. The van der Waals surface area contributed by atoms with Crippen LogP contribution in [-0.4, -0.2) is 38.3 Å². The zero-order chi connectivity index (χ0) is 20.6. The Bertz CT molecular complexity index is 1010. The number of phenols is 2. The molecule has 0 radical (unpaired) electrons. The van der Waals surface area contributed by atoms with Gasteiger partial charge < -0.3 is 10.2 Å². The molecule has 3 N–H and O–H groups in total. The topological polar surface area (TPSA) is 108 Å². The van der Waals surface area contributed by atoms with Gasteiger partial charge in [0.1, 0.15) is 11.5 Å². The number of aromatic hydroxyl groups is 2. The Morgan fingerprint density at radius 3 is 2.59 bits per heavy atom. The summed E-state index contributed by atoms with van der Waals surface area (Å²) in [6.07, 6.45) is 1.31. The molecule has 0 bridgehead atoms. The number of phenolic OH excluding ortho intramolecular Hbond substituents is 2. The van der Waals surface area contributed by atoms with Gasteiger partial charge >= 0.3 is 0 Å². The molecular formula is C19H18N4O3S3. The van der Waals surface area contributed by atoms with Crippen LogP contribution in [0.2, 0.25) is 0 Å². The van der Waals surface area contributed by atoms with Crippen LogP contribution in [0, 0.1) is 6.92 Å². The normalized spacial score (nSPS) is 11.1. The Morgan fingerprint density at radius 2 is 1.86 bits per heavy atom. The van der Waals surface area contributed by atoms with Gasteiger partial charge in [0.15, 0.2) is 8.68 Å². The Hall–Kier alpha value is -2.56. The molecular weight excluding hydrogens is 428 g/mol. The smallest absolute Gasteiger partial charge is 0.250 e. The number of nitrogens with zero attached hydrogens (tertiary/aromatic N) is 3. The fourth-order valence-corrected chi connectivity index (χ4v) is 4.89. The zero-order valence-electron chi connectivity index (χ0n) is 15.4. The van der Waals surface area contributed by atoms with Crippen LogP contribution in [0.3, 0.4) is 0 Å². The van der Waals surface area contributed by atoms with Crippen LogP contribution >= 0.6 is 34.9 Å². The number of thioether (sulfide) groups is 2. The van der Waals surface area contributed by atoms with Crippen LogP contribution in [0.15, 0.2) is 56.2 Å². The van der Waals surface area contributed by atoms with Gasteiger partial charge in [-0.25, -0.2) is 5.43 Å². The van der Waals surface area contributed by atoms with Crippen molar-refractivity contribution in [1.29, 1.82) is 0 Å². The maximum atomic E-state index is 11.9. The van der Waals surface area contributed by atoms with E-state index in [1.165, 1.54) is 58.6 Å². The Morgan fingerprint density at radius 1 is 1.14 bits per heavy atom. The summed E-state index contributed by atoms with van der Waals surface area (Å²) in [5, 5.41) is 30.9. The van der Waals surface area contributed by atoms with Crippen molar-refractivity contribution in [2.75, 3.05) is 5.75 Å². The second kappa shape index (κ2) is 10.3. The number of rotatable bonds is 8. The van der Waals surface area contributed by atoms with Crippen LogP contribution in [0.25, 0.3) is 0 Å². The lowest BCUT2D eigenvalue weighted by Crippen LogP contribution is -2.19. The highest BCUT2D eigenvalue weighted by molar-refractivity contribution is 8.03. The van der Waals surface area contributed by atoms with Crippen molar-refractivity contribution in [3.63, 3.8) is 0 Å². The molecule has 0 saturated carbocycles. The van der Waals surface area contributed by atoms with Crippen LogP contribution in [0.4, 0.5) is 0 Å². The Balaban J connectivity index is 1.42. The van der Waals surface area contributed by atoms with Crippen molar-refractivity contribution < 1.29 is 15.0 Å². The first kappa shape index (κ1) is 21.2. The fourth-order valence-electron chi connectivity index (χ4n) is 2.12. The van der Waals surface area contributed by atoms with E-state index in [1.807, 2.05) is 0 Å². The summed E-state index contributed by atoms with van der Waals surface area (Å²) < 4.78 is 1.57. The molecule has 0 spiro atoms. The number of nitrogens with one attached hydrogen (secondary N) is 1. The lowest BCUT2D eigenvalue weighted by molar-refractivity contribution is -0.118. The van der Waals surface area contributed by atoms with Crippen LogP contribution < -0.4 is 5.43 Å². The Kier molecular flexibility index (Phi) is 7.50. The van der Waals surface area contributed by atoms with E-state index in [4.69, 9.17) is 0 Å². The first-order chi connectivity index (χ1) is 14.0. The van der Waals surface area contributed by atoms with Gasteiger partial charge in [-0.05, 0) is 24.6 Å². The second-order valence-corrected chi connectivity index (χ2v) is 9.36. The highest BCUT2D eigenvalue weighted by Gasteiger charge is 2.09. The molecule has 0 atom stereocenters. The molecule has 29 heavy (non-hydrogen) atoms. The largest absolute Gasteiger partial charge is 0.508 e. The highest BCUT2D eigenvalue weighted by Crippen LogP contribution is 2.30. The first-order valence-corrected chi connectivity index (χ1v) is 11.3. The predicted octanol–water partition coefficient (Wildman–Crippen LogP) is 3.79. The SMILES string of the molecule is Cc1ccc(CSc2nnc(SCC(=O)N/N=C\c3ccc(O)cc3O)s2)cc1. The number of carbonyl (C=O) groups is 1. The summed E-state index contributed by atoms with van der Waals surface area (Å²) in [5.41, 5.74) is 5.23. The number of amides is 1. The molecule has 10 heteroatoms.